The summed E-state index contributed by atoms with van der Waals surface area (Å²) in [5.74, 6) is 1.88. The van der Waals surface area contributed by atoms with Gasteiger partial charge in [-0.2, -0.15) is 0 Å². The monoisotopic (exact) mass is 282 g/mol. The Balaban J connectivity index is 2.37. The molecule has 0 radical (unpaired) electrons. The van der Waals surface area contributed by atoms with Crippen LogP contribution in [0.3, 0.4) is 0 Å². The average molecular weight is 284 g/mol. The molecule has 1 rings (SSSR count). The van der Waals surface area contributed by atoms with Crippen LogP contribution in [0.2, 0.25) is 0 Å². The zero-order chi connectivity index (χ0) is 8.27. The first kappa shape index (κ1) is 10.0. The fraction of sp³-hybridized carbons (Fsp3) is 1.00. The Labute approximate surface area is 86.4 Å². The van der Waals surface area contributed by atoms with Gasteiger partial charge in [0.05, 0.1) is 0 Å². The molecule has 1 aliphatic rings. The maximum atomic E-state index is 3.73. The maximum Gasteiger partial charge on any atom is 0.0151 e. The van der Waals surface area contributed by atoms with Crippen LogP contribution in [0.25, 0.3) is 0 Å². The summed E-state index contributed by atoms with van der Waals surface area (Å²) in [5, 5.41) is 1.19. The van der Waals surface area contributed by atoms with Gasteiger partial charge in [0.2, 0.25) is 0 Å². The van der Waals surface area contributed by atoms with E-state index in [4.69, 9.17) is 0 Å². The predicted molar refractivity (Wildman–Crippen MR) is 57.6 cm³/mol. The number of hydrogen-bond donors (Lipinski definition) is 0. The molecule has 0 amide bonds. The van der Waals surface area contributed by atoms with E-state index in [9.17, 15) is 0 Å². The first-order valence-corrected chi connectivity index (χ1v) is 6.50. The molecule has 0 heterocycles. The van der Waals surface area contributed by atoms with E-state index >= 15 is 0 Å². The first-order chi connectivity index (χ1) is 5.26. The molecule has 11 heavy (non-hydrogen) atoms. The lowest BCUT2D eigenvalue weighted by Crippen LogP contribution is -2.23. The normalized spacial score (nSPS) is 39.0. The molecular formula is C9H16Br2. The highest BCUT2D eigenvalue weighted by atomic mass is 79.9. The lowest BCUT2D eigenvalue weighted by atomic mass is 9.81. The summed E-state index contributed by atoms with van der Waals surface area (Å²) < 4.78 is 0. The number of hydrogen-bond acceptors (Lipinski definition) is 0. The number of rotatable bonds is 2. The minimum absolute atomic E-state index is 0.781. The molecular weight excluding hydrogens is 268 g/mol. The van der Waals surface area contributed by atoms with Crippen LogP contribution in [-0.2, 0) is 0 Å². The summed E-state index contributed by atoms with van der Waals surface area (Å²) >= 11 is 7.30. The van der Waals surface area contributed by atoms with Gasteiger partial charge in [-0.15, -0.1) is 0 Å². The highest BCUT2D eigenvalue weighted by molar-refractivity contribution is 9.09. The van der Waals surface area contributed by atoms with Crippen molar-refractivity contribution < 1.29 is 0 Å². The molecule has 0 N–H and O–H groups in total. The van der Waals surface area contributed by atoms with Crippen LogP contribution in [0.5, 0.6) is 0 Å². The van der Waals surface area contributed by atoms with Crippen molar-refractivity contribution in [1.29, 1.82) is 0 Å². The zero-order valence-electron chi connectivity index (χ0n) is 7.02. The molecule has 0 spiro atoms. The van der Waals surface area contributed by atoms with Crippen molar-refractivity contribution in [3.63, 3.8) is 0 Å². The van der Waals surface area contributed by atoms with Gasteiger partial charge in [-0.25, -0.2) is 0 Å². The van der Waals surface area contributed by atoms with Crippen LogP contribution < -0.4 is 0 Å². The quantitative estimate of drug-likeness (QED) is 0.673. The van der Waals surface area contributed by atoms with Crippen molar-refractivity contribution in [2.24, 2.45) is 11.8 Å². The Hall–Kier alpha value is 0.960. The van der Waals surface area contributed by atoms with Gasteiger partial charge in [-0.05, 0) is 31.1 Å². The molecule has 66 valence electrons. The third-order valence-corrected chi connectivity index (χ3v) is 4.30. The van der Waals surface area contributed by atoms with Gasteiger partial charge in [-0.3, -0.25) is 0 Å². The highest BCUT2D eigenvalue weighted by Gasteiger charge is 2.25. The third kappa shape index (κ3) is 3.06. The molecule has 0 aliphatic heterocycles. The number of alkyl halides is 2. The van der Waals surface area contributed by atoms with Gasteiger partial charge < -0.3 is 0 Å². The average Bonchev–Trinajstić information content (AvgIpc) is 2.03. The van der Waals surface area contributed by atoms with E-state index in [0.717, 1.165) is 16.7 Å². The maximum absolute atomic E-state index is 3.73. The van der Waals surface area contributed by atoms with E-state index in [2.05, 4.69) is 38.8 Å². The van der Waals surface area contributed by atoms with Gasteiger partial charge in [0.15, 0.2) is 0 Å². The van der Waals surface area contributed by atoms with Gasteiger partial charge in [0.1, 0.15) is 0 Å². The summed E-state index contributed by atoms with van der Waals surface area (Å²) in [5.41, 5.74) is 0. The molecule has 1 fully saturated rings. The van der Waals surface area contributed by atoms with Crippen LogP contribution in [0.15, 0.2) is 0 Å². The molecule has 0 bridgehead atoms. The van der Waals surface area contributed by atoms with E-state index < -0.39 is 0 Å². The summed E-state index contributed by atoms with van der Waals surface area (Å²) in [6.07, 6.45) is 5.54. The van der Waals surface area contributed by atoms with Gasteiger partial charge in [0.25, 0.3) is 0 Å². The van der Waals surface area contributed by atoms with Crippen molar-refractivity contribution in [3.05, 3.63) is 0 Å². The summed E-state index contributed by atoms with van der Waals surface area (Å²) in [6, 6.07) is 0. The lowest BCUT2D eigenvalue weighted by molar-refractivity contribution is 0.291. The highest BCUT2D eigenvalue weighted by Crippen LogP contribution is 2.35. The van der Waals surface area contributed by atoms with Crippen LogP contribution in [-0.4, -0.2) is 10.2 Å². The molecule has 3 atom stereocenters. The standard InChI is InChI=1S/C9H16Br2/c1-2-7-3-8(6-10)5-9(11)4-7/h7-9H,2-6H2,1H3. The molecule has 1 aliphatic carbocycles. The largest absolute Gasteiger partial charge is 0.0925 e. The molecule has 0 aromatic heterocycles. The molecule has 0 aromatic carbocycles. The molecule has 3 unspecified atom stereocenters. The summed E-state index contributed by atoms with van der Waals surface area (Å²) in [6.45, 7) is 2.31. The fourth-order valence-electron chi connectivity index (χ4n) is 1.94. The van der Waals surface area contributed by atoms with Gasteiger partial charge in [-0.1, -0.05) is 45.2 Å². The minimum Gasteiger partial charge on any atom is -0.0925 e. The lowest BCUT2D eigenvalue weighted by Gasteiger charge is -2.30. The summed E-state index contributed by atoms with van der Waals surface area (Å²) in [4.78, 5) is 0.781. The second-order valence-corrected chi connectivity index (χ2v) is 5.54. The van der Waals surface area contributed by atoms with E-state index in [0.29, 0.717) is 0 Å². The SMILES string of the molecule is CCC1CC(Br)CC(CBr)C1. The topological polar surface area (TPSA) is 0 Å². The molecule has 0 saturated heterocycles. The minimum atomic E-state index is 0.781. The Morgan fingerprint density at radius 2 is 1.82 bits per heavy atom. The Morgan fingerprint density at radius 3 is 2.36 bits per heavy atom. The van der Waals surface area contributed by atoms with Crippen molar-refractivity contribution in [2.45, 2.75) is 37.4 Å². The predicted octanol–water partition coefficient (Wildman–Crippen LogP) is 3.97. The fourth-order valence-corrected chi connectivity index (χ4v) is 3.53. The van der Waals surface area contributed by atoms with Gasteiger partial charge in [0, 0.05) is 10.2 Å². The second-order valence-electron chi connectivity index (χ2n) is 3.60. The van der Waals surface area contributed by atoms with Crippen LogP contribution in [0.4, 0.5) is 0 Å². The first-order valence-electron chi connectivity index (χ1n) is 4.46. The third-order valence-electron chi connectivity index (χ3n) is 2.64. The van der Waals surface area contributed by atoms with Gasteiger partial charge >= 0.3 is 0 Å². The van der Waals surface area contributed by atoms with Crippen molar-refractivity contribution in [1.82, 2.24) is 0 Å². The molecule has 2 heteroatoms. The van der Waals surface area contributed by atoms with Crippen LogP contribution in [0.1, 0.15) is 32.6 Å². The smallest absolute Gasteiger partial charge is 0.0151 e. The number of halogens is 2. The molecule has 0 nitrogen and oxygen atoms in total. The second kappa shape index (κ2) is 4.86. The Bertz CT molecular complexity index is 102. The van der Waals surface area contributed by atoms with Crippen LogP contribution >= 0.6 is 31.9 Å². The molecule has 0 aromatic rings. The van der Waals surface area contributed by atoms with E-state index in [1.165, 1.54) is 31.0 Å². The van der Waals surface area contributed by atoms with Crippen LogP contribution in [0, 0.1) is 11.8 Å². The van der Waals surface area contributed by atoms with E-state index in [-0.39, 0.29) is 0 Å². The Morgan fingerprint density at radius 1 is 1.18 bits per heavy atom. The van der Waals surface area contributed by atoms with Crippen molar-refractivity contribution in [2.75, 3.05) is 5.33 Å². The Kier molecular flexibility index (Phi) is 4.44. The molecule has 1 saturated carbocycles. The van der Waals surface area contributed by atoms with Crippen molar-refractivity contribution in [3.8, 4) is 0 Å². The van der Waals surface area contributed by atoms with Crippen molar-refractivity contribution >= 4 is 31.9 Å². The van der Waals surface area contributed by atoms with E-state index in [1.807, 2.05) is 0 Å². The zero-order valence-corrected chi connectivity index (χ0v) is 10.2. The van der Waals surface area contributed by atoms with E-state index in [1.54, 1.807) is 0 Å². The summed E-state index contributed by atoms with van der Waals surface area (Å²) in [7, 11) is 0.